The minimum absolute atomic E-state index is 0.0137. The van der Waals surface area contributed by atoms with Gasteiger partial charge in [-0.2, -0.15) is 0 Å². The molecule has 51 heteroatoms. The molecule has 39 N–H and O–H groups in total. The smallest absolute Gasteiger partial charge is 0.326 e. The Kier molecular flexibility index (Phi) is 50.1. The van der Waals surface area contributed by atoms with Crippen LogP contribution in [0.4, 0.5) is 0 Å². The first-order chi connectivity index (χ1) is 63.5. The molecule has 16 amide bonds. The van der Waals surface area contributed by atoms with Crippen LogP contribution in [0.25, 0.3) is 0 Å². The largest absolute Gasteiger partial charge is 0.480 e. The molecule has 1 fully saturated rings. The Labute approximate surface area is 775 Å². The number of aliphatic carboxylic acids is 1. The van der Waals surface area contributed by atoms with Gasteiger partial charge < -0.3 is 156 Å². The van der Waals surface area contributed by atoms with E-state index in [-0.39, 0.29) is 146 Å². The van der Waals surface area contributed by atoms with E-state index >= 15 is 0 Å². The van der Waals surface area contributed by atoms with Crippen molar-refractivity contribution < 1.29 is 91.7 Å². The second-order valence-corrected chi connectivity index (χ2v) is 33.4. The molecule has 0 bridgehead atoms. The van der Waals surface area contributed by atoms with Gasteiger partial charge in [-0.25, -0.2) is 14.8 Å². The molecule has 1 aromatic carbocycles. The molecule has 1 saturated heterocycles. The van der Waals surface area contributed by atoms with Crippen molar-refractivity contribution in [1.82, 2.24) is 110 Å². The monoisotopic (exact) mass is 1890 g/mol. The number of hydrogen-bond acceptors (Lipinski definition) is 26. The molecule has 0 spiro atoms. The van der Waals surface area contributed by atoms with Crippen molar-refractivity contribution in [2.75, 3.05) is 45.8 Å². The summed E-state index contributed by atoms with van der Waals surface area (Å²) < 4.78 is 0. The number of nitrogens with one attached hydrogen (secondary N) is 21. The van der Waals surface area contributed by atoms with Gasteiger partial charge in [0.15, 0.2) is 17.9 Å². The van der Waals surface area contributed by atoms with Gasteiger partial charge in [0.25, 0.3) is 0 Å². The number of rotatable bonds is 64. The van der Waals surface area contributed by atoms with Gasteiger partial charge in [0.1, 0.15) is 78.5 Å². The Hall–Kier alpha value is -13.7. The molecular weight excluding hydrogens is 1750 g/mol. The molecule has 2 aromatic heterocycles. The lowest BCUT2D eigenvalue weighted by Gasteiger charge is -2.31. The number of nitrogens with zero attached hydrogens (tertiary/aromatic N) is 3. The van der Waals surface area contributed by atoms with Crippen LogP contribution in [0, 0.1) is 28.1 Å². The van der Waals surface area contributed by atoms with Crippen molar-refractivity contribution in [3.63, 3.8) is 0 Å². The molecule has 0 saturated carbocycles. The molecule has 0 radical (unpaired) electrons. The number of aliphatic hydroxyl groups is 1. The lowest BCUT2D eigenvalue weighted by atomic mass is 10.0. The summed E-state index contributed by atoms with van der Waals surface area (Å²) in [6.45, 7) is 7.31. The summed E-state index contributed by atoms with van der Waals surface area (Å²) in [5, 5.41) is 85.5. The number of aliphatic hydroxyl groups excluding tert-OH is 1. The van der Waals surface area contributed by atoms with Crippen molar-refractivity contribution in [2.45, 2.75) is 267 Å². The van der Waals surface area contributed by atoms with Crippen molar-refractivity contribution in [3.8, 4) is 0 Å². The Bertz CT molecular complexity index is 4370. The summed E-state index contributed by atoms with van der Waals surface area (Å²) in [4.78, 5) is 253. The van der Waals surface area contributed by atoms with Crippen molar-refractivity contribution in [1.29, 1.82) is 16.2 Å². The second kappa shape index (κ2) is 59.6. The fourth-order valence-electron chi connectivity index (χ4n) is 14.2. The van der Waals surface area contributed by atoms with Gasteiger partial charge in [0.05, 0.1) is 42.7 Å². The second-order valence-electron chi connectivity index (χ2n) is 33.4. The third kappa shape index (κ3) is 42.2. The highest BCUT2D eigenvalue weighted by molar-refractivity contribution is 6.01. The Morgan fingerprint density at radius 2 is 0.851 bits per heavy atom. The fraction of sp³-hybridized carbons (Fsp3) is 0.614. The zero-order chi connectivity index (χ0) is 99.7. The Morgan fingerprint density at radius 1 is 0.448 bits per heavy atom. The number of guanidine groups is 3. The van der Waals surface area contributed by atoms with Crippen LogP contribution in [0.5, 0.6) is 0 Å². The predicted molar refractivity (Wildman–Crippen MR) is 487 cm³/mol. The van der Waals surface area contributed by atoms with E-state index in [1.807, 2.05) is 0 Å². The van der Waals surface area contributed by atoms with E-state index in [0.717, 1.165) is 6.92 Å². The predicted octanol–water partition coefficient (Wildman–Crippen LogP) is -8.84. The summed E-state index contributed by atoms with van der Waals surface area (Å²) >= 11 is 0. The van der Waals surface area contributed by atoms with Gasteiger partial charge in [0.2, 0.25) is 94.5 Å². The number of unbranched alkanes of at least 4 members (excludes halogenated alkanes) is 2. The third-order valence-electron chi connectivity index (χ3n) is 21.4. The minimum atomic E-state index is -1.89. The zero-order valence-corrected chi connectivity index (χ0v) is 76.3. The Balaban J connectivity index is 1.64. The first-order valence-corrected chi connectivity index (χ1v) is 44.6. The number of carboxylic acids is 1. The van der Waals surface area contributed by atoms with Crippen molar-refractivity contribution >= 4 is 118 Å². The molecule has 134 heavy (non-hydrogen) atoms. The molecule has 3 heterocycles. The number of likely N-dealkylation sites (tertiary alicyclic amines) is 1. The van der Waals surface area contributed by atoms with Crippen LogP contribution in [0.3, 0.4) is 0 Å². The molecule has 1 aliphatic heterocycles. The number of amides is 16. The van der Waals surface area contributed by atoms with Crippen molar-refractivity contribution in [3.05, 3.63) is 72.3 Å². The lowest BCUT2D eigenvalue weighted by Crippen LogP contribution is -2.61. The zero-order valence-electron chi connectivity index (χ0n) is 76.3. The van der Waals surface area contributed by atoms with Gasteiger partial charge in [-0.3, -0.25) is 92.9 Å². The highest BCUT2D eigenvalue weighted by Gasteiger charge is 2.42. The van der Waals surface area contributed by atoms with E-state index in [0.29, 0.717) is 31.2 Å². The maximum absolute atomic E-state index is 15.0. The van der Waals surface area contributed by atoms with E-state index in [4.69, 9.17) is 62.1 Å². The topological polar surface area (TPSA) is 863 Å². The average Bonchev–Trinajstić information content (AvgIpc) is 1.61. The molecule has 3 aromatic rings. The highest BCUT2D eigenvalue weighted by atomic mass is 16.4. The normalized spacial score (nSPS) is 15.4. The van der Waals surface area contributed by atoms with E-state index in [1.165, 1.54) is 29.9 Å². The number of aromatic amines is 2. The number of hydrogen-bond donors (Lipinski definition) is 31. The number of nitrogens with two attached hydrogens (primary N) is 8. The van der Waals surface area contributed by atoms with Gasteiger partial charge in [-0.1, -0.05) is 58.0 Å². The van der Waals surface area contributed by atoms with E-state index in [1.54, 1.807) is 58.0 Å². The number of imidazole rings is 2. The molecule has 0 aliphatic carbocycles. The summed E-state index contributed by atoms with van der Waals surface area (Å²) in [5.41, 5.74) is 46.2. The molecule has 4 rings (SSSR count). The molecule has 51 nitrogen and oxygen atoms in total. The van der Waals surface area contributed by atoms with E-state index in [2.05, 4.69) is 105 Å². The van der Waals surface area contributed by atoms with Crippen LogP contribution in [-0.2, 0) is 101 Å². The average molecular weight is 1890 g/mol. The first-order valence-electron chi connectivity index (χ1n) is 44.6. The summed E-state index contributed by atoms with van der Waals surface area (Å²) in [6.07, 6.45) is 2.24. The number of carbonyl (C=O) groups excluding carboxylic acids is 16. The number of carbonyl (C=O) groups is 17. The van der Waals surface area contributed by atoms with Crippen LogP contribution in [0.2, 0.25) is 0 Å². The summed E-state index contributed by atoms with van der Waals surface area (Å²) in [7, 11) is 0. The van der Waals surface area contributed by atoms with Gasteiger partial charge in [-0.05, 0) is 147 Å². The first kappa shape index (κ1) is 113. The van der Waals surface area contributed by atoms with Gasteiger partial charge in [-0.15, -0.1) is 0 Å². The minimum Gasteiger partial charge on any atom is -0.480 e. The molecule has 15 atom stereocenters. The number of H-pyrrole nitrogens is 2. The SMILES string of the molecule is CC(C)C[C@H](NC(=O)[C@@H](N)CCC(N)=O)C(=O)N[C@@H](CCCCN)C(=O)N[C@@H](CCCNC(=N)N)C(=O)N[C@@H](Cc1c[nH]cn1)C(=O)N[C@@H](CCC(N)=O)C(=O)N[C@@H](CCCNC(=N)N)C(=O)N[C@@H](CCCNC(=N)N)C(=O)N[C@@H](Cc1c[nH]cn1)C(=O)N[C@H](C(=O)NCC(=O)N[C@H](C(=O)N[C@@H](CCCCN)C(=O)N1CCC[C@H]1C(=O)N[C@@H](Cc1ccccc1)C(=O)O)C(C)C)[C@@H](C)O. The van der Waals surface area contributed by atoms with Crippen molar-refractivity contribution in [2.24, 2.45) is 57.7 Å². The summed E-state index contributed by atoms with van der Waals surface area (Å²) in [5.74, 6) is -18.6. The summed E-state index contributed by atoms with van der Waals surface area (Å²) in [6, 6.07) is -12.4. The number of benzene rings is 1. The number of primary amides is 2. The van der Waals surface area contributed by atoms with Crippen LogP contribution >= 0.6 is 0 Å². The number of carboxylic acid groups (broad SMARTS) is 1. The molecule has 0 unspecified atom stereocenters. The molecule has 1 aliphatic rings. The maximum atomic E-state index is 15.0. The van der Waals surface area contributed by atoms with E-state index < -0.39 is 247 Å². The quantitative estimate of drug-likeness (QED) is 0.0142. The fourth-order valence-corrected chi connectivity index (χ4v) is 14.2. The van der Waals surface area contributed by atoms with E-state index in [9.17, 15) is 91.7 Å². The Morgan fingerprint density at radius 3 is 1.26 bits per heavy atom. The van der Waals surface area contributed by atoms with Crippen LogP contribution < -0.4 is 131 Å². The van der Waals surface area contributed by atoms with Gasteiger partial charge >= 0.3 is 5.97 Å². The highest BCUT2D eigenvalue weighted by Crippen LogP contribution is 2.22. The lowest BCUT2D eigenvalue weighted by molar-refractivity contribution is -0.145. The standard InChI is InChI=1S/C83H138N32O19/c1-44(2)35-57(109-67(120)50(86)25-27-62(87)117)73(126)106-51(19-9-11-29-84)68(121)103-53(22-14-32-98-82(91)92)70(123)110-58(37-48-39-95-42-101-48)74(127)107-55(26-28-63(88)118)72(125)105-52(21-13-31-97-81(89)90)69(122)104-54(23-15-33-99-83(93)94)71(124)111-59(38-49-40-96-43-102-49)75(128)114-66(46(5)116)77(130)100-41-64(119)113-65(45(3)4)78(131)108-56(20-10-12-30-85)79(132)115-34-16-24-61(115)76(129)112-60(80(133)134)36-47-17-7-6-8-18-47/h6-8,17-18,39-40,42-46,50-61,65-66,116H,9-16,19-38,41,84-86H2,1-5H3,(H2,87,117)(H2,88,118)(H,95,101)(H,96,102)(H,100,130)(H,103,121)(H,104,122)(H,105,125)(H,106,126)(H,107,127)(H,108,131)(H,109,120)(H,110,123)(H,111,124)(H,112,129)(H,113,119)(H,114,128)(H,133,134)(H4,89,90,97)(H4,91,92,98)(H4,93,94,99)/t46-,50+,51+,52+,53+,54+,55+,56+,57+,58+,59+,60+,61+,65+,66+/m1/s1. The third-order valence-corrected chi connectivity index (χ3v) is 21.4. The molecular formula is C83H138N32O19. The number of aromatic nitrogens is 4. The van der Waals surface area contributed by atoms with Crippen LogP contribution in [-0.4, -0.2) is 290 Å². The van der Waals surface area contributed by atoms with Crippen LogP contribution in [0.1, 0.15) is 174 Å². The molecule has 744 valence electrons. The van der Waals surface area contributed by atoms with Crippen LogP contribution in [0.15, 0.2) is 55.4 Å². The van der Waals surface area contributed by atoms with Gasteiger partial charge in [0, 0.05) is 70.7 Å². The maximum Gasteiger partial charge on any atom is 0.326 e.